The van der Waals surface area contributed by atoms with Crippen LogP contribution in [0.2, 0.25) is 0 Å². The van der Waals surface area contributed by atoms with Gasteiger partial charge >= 0.3 is 0 Å². The van der Waals surface area contributed by atoms with E-state index in [1.54, 1.807) is 0 Å². The van der Waals surface area contributed by atoms with Crippen LogP contribution < -0.4 is 5.32 Å². The van der Waals surface area contributed by atoms with E-state index in [1.165, 1.54) is 5.56 Å². The van der Waals surface area contributed by atoms with E-state index in [9.17, 15) is 0 Å². The summed E-state index contributed by atoms with van der Waals surface area (Å²) >= 11 is 0. The summed E-state index contributed by atoms with van der Waals surface area (Å²) in [6, 6.07) is 4.82. The normalized spacial score (nSPS) is 22.8. The average molecular weight is 234 g/mol. The molecule has 0 amide bonds. The van der Waals surface area contributed by atoms with Crippen LogP contribution in [0.15, 0.2) is 24.5 Å². The van der Waals surface area contributed by atoms with Crippen molar-refractivity contribution in [1.29, 1.82) is 0 Å². The predicted octanol–water partition coefficient (Wildman–Crippen LogP) is 0.417. The van der Waals surface area contributed by atoms with Crippen molar-refractivity contribution in [1.82, 2.24) is 20.1 Å². The van der Waals surface area contributed by atoms with E-state index in [4.69, 9.17) is 0 Å². The molecule has 0 aliphatic carbocycles. The highest BCUT2D eigenvalue weighted by Crippen LogP contribution is 2.12. The van der Waals surface area contributed by atoms with Gasteiger partial charge in [0.1, 0.15) is 0 Å². The molecule has 1 aromatic heterocycles. The number of piperazine rings is 1. The predicted molar refractivity (Wildman–Crippen MR) is 69.9 cm³/mol. The van der Waals surface area contributed by atoms with Crippen molar-refractivity contribution in [2.45, 2.75) is 12.6 Å². The Morgan fingerprint density at radius 1 is 1.35 bits per heavy atom. The smallest absolute Gasteiger partial charge is 0.0351 e. The fourth-order valence-electron chi connectivity index (χ4n) is 2.41. The Labute approximate surface area is 104 Å². The van der Waals surface area contributed by atoms with Crippen molar-refractivity contribution >= 4 is 0 Å². The zero-order chi connectivity index (χ0) is 12.1. The molecule has 4 nitrogen and oxygen atoms in total. The highest BCUT2D eigenvalue weighted by molar-refractivity contribution is 5.10. The van der Waals surface area contributed by atoms with Gasteiger partial charge in [-0.2, -0.15) is 0 Å². The Kier molecular flexibility index (Phi) is 4.48. The van der Waals surface area contributed by atoms with E-state index in [0.717, 1.165) is 32.7 Å². The van der Waals surface area contributed by atoms with Gasteiger partial charge in [0, 0.05) is 51.2 Å². The maximum Gasteiger partial charge on any atom is 0.0351 e. The van der Waals surface area contributed by atoms with Gasteiger partial charge in [-0.1, -0.05) is 0 Å². The van der Waals surface area contributed by atoms with Crippen LogP contribution in [0.5, 0.6) is 0 Å². The minimum Gasteiger partial charge on any atom is -0.318 e. The van der Waals surface area contributed by atoms with Crippen LogP contribution in [0.3, 0.4) is 0 Å². The fraction of sp³-hybridized carbons (Fsp3) is 0.615. The van der Waals surface area contributed by atoms with Gasteiger partial charge in [0.15, 0.2) is 0 Å². The number of rotatable bonds is 4. The number of hydrogen-bond donors (Lipinski definition) is 1. The van der Waals surface area contributed by atoms with E-state index in [0.29, 0.717) is 6.04 Å². The second-order valence-corrected chi connectivity index (χ2v) is 4.80. The molecule has 1 aliphatic heterocycles. The summed E-state index contributed by atoms with van der Waals surface area (Å²) in [5.74, 6) is 0. The van der Waals surface area contributed by atoms with Crippen molar-refractivity contribution in [2.24, 2.45) is 0 Å². The van der Waals surface area contributed by atoms with E-state index in [1.807, 2.05) is 19.4 Å². The number of aromatic nitrogens is 1. The summed E-state index contributed by atoms with van der Waals surface area (Å²) in [5, 5.41) is 3.29. The average Bonchev–Trinajstić information content (AvgIpc) is 2.34. The monoisotopic (exact) mass is 234 g/mol. The number of likely N-dealkylation sites (N-methyl/N-ethyl adjacent to an activating group) is 2. The molecule has 0 radical (unpaired) electrons. The Hall–Kier alpha value is -0.970. The molecular formula is C13H22N4. The first kappa shape index (κ1) is 12.5. The first-order valence-electron chi connectivity index (χ1n) is 6.25. The summed E-state index contributed by atoms with van der Waals surface area (Å²) in [4.78, 5) is 9.04. The Morgan fingerprint density at radius 2 is 2.12 bits per heavy atom. The molecule has 1 unspecified atom stereocenters. The van der Waals surface area contributed by atoms with Crippen LogP contribution in [-0.4, -0.2) is 61.1 Å². The lowest BCUT2D eigenvalue weighted by atomic mass is 10.1. The molecule has 2 rings (SSSR count). The summed E-state index contributed by atoms with van der Waals surface area (Å²) < 4.78 is 0. The van der Waals surface area contributed by atoms with Crippen LogP contribution in [0.25, 0.3) is 0 Å². The molecule has 1 saturated heterocycles. The number of hydrogen-bond acceptors (Lipinski definition) is 4. The topological polar surface area (TPSA) is 31.4 Å². The molecule has 17 heavy (non-hydrogen) atoms. The van der Waals surface area contributed by atoms with Gasteiger partial charge in [0.2, 0.25) is 0 Å². The summed E-state index contributed by atoms with van der Waals surface area (Å²) in [6.45, 7) is 5.53. The van der Waals surface area contributed by atoms with E-state index < -0.39 is 0 Å². The molecule has 0 saturated carbocycles. The quantitative estimate of drug-likeness (QED) is 0.818. The fourth-order valence-corrected chi connectivity index (χ4v) is 2.41. The molecule has 1 aliphatic rings. The third-order valence-electron chi connectivity index (χ3n) is 3.38. The zero-order valence-electron chi connectivity index (χ0n) is 10.8. The van der Waals surface area contributed by atoms with Gasteiger partial charge in [-0.15, -0.1) is 0 Å². The maximum atomic E-state index is 4.07. The Balaban J connectivity index is 1.98. The molecule has 0 bridgehead atoms. The molecule has 1 atom stereocenters. The first-order chi connectivity index (χ1) is 8.29. The van der Waals surface area contributed by atoms with Gasteiger partial charge in [-0.3, -0.25) is 9.88 Å². The molecule has 1 aromatic rings. The maximum absolute atomic E-state index is 4.07. The van der Waals surface area contributed by atoms with E-state index in [-0.39, 0.29) is 0 Å². The highest BCUT2D eigenvalue weighted by atomic mass is 15.3. The van der Waals surface area contributed by atoms with Crippen LogP contribution in [-0.2, 0) is 6.54 Å². The molecule has 1 fully saturated rings. The first-order valence-corrected chi connectivity index (χ1v) is 6.25. The van der Waals surface area contributed by atoms with Crippen molar-refractivity contribution in [2.75, 3.05) is 40.3 Å². The number of nitrogens with zero attached hydrogens (tertiary/aromatic N) is 3. The Morgan fingerprint density at radius 3 is 2.82 bits per heavy atom. The van der Waals surface area contributed by atoms with Crippen LogP contribution in [0.4, 0.5) is 0 Å². The molecular weight excluding hydrogens is 212 g/mol. The van der Waals surface area contributed by atoms with E-state index >= 15 is 0 Å². The van der Waals surface area contributed by atoms with Gasteiger partial charge in [-0.05, 0) is 31.8 Å². The third-order valence-corrected chi connectivity index (χ3v) is 3.38. The van der Waals surface area contributed by atoms with Crippen molar-refractivity contribution in [3.8, 4) is 0 Å². The molecule has 94 valence electrons. The SMILES string of the molecule is CNCC1CN(C)CCN1Cc1ccncc1. The largest absolute Gasteiger partial charge is 0.318 e. The second kappa shape index (κ2) is 6.10. The molecule has 1 N–H and O–H groups in total. The van der Waals surface area contributed by atoms with Crippen molar-refractivity contribution < 1.29 is 0 Å². The standard InChI is InChI=1S/C13H22N4/c1-14-9-13-11-16(2)7-8-17(13)10-12-3-5-15-6-4-12/h3-6,13-14H,7-11H2,1-2H3. The van der Waals surface area contributed by atoms with Crippen LogP contribution >= 0.6 is 0 Å². The van der Waals surface area contributed by atoms with Gasteiger partial charge in [0.05, 0.1) is 0 Å². The molecule has 4 heteroatoms. The van der Waals surface area contributed by atoms with Crippen LogP contribution in [0.1, 0.15) is 5.56 Å². The lowest BCUT2D eigenvalue weighted by molar-refractivity contribution is 0.0841. The summed E-state index contributed by atoms with van der Waals surface area (Å²) in [5.41, 5.74) is 1.35. The summed E-state index contributed by atoms with van der Waals surface area (Å²) in [6.07, 6.45) is 3.75. The van der Waals surface area contributed by atoms with E-state index in [2.05, 4.69) is 39.3 Å². The zero-order valence-corrected chi connectivity index (χ0v) is 10.8. The number of pyridine rings is 1. The van der Waals surface area contributed by atoms with Crippen molar-refractivity contribution in [3.63, 3.8) is 0 Å². The van der Waals surface area contributed by atoms with Gasteiger partial charge in [0.25, 0.3) is 0 Å². The minimum absolute atomic E-state index is 0.604. The van der Waals surface area contributed by atoms with Crippen LogP contribution in [0, 0.1) is 0 Å². The Bertz CT molecular complexity index is 327. The summed E-state index contributed by atoms with van der Waals surface area (Å²) in [7, 11) is 4.23. The number of nitrogens with one attached hydrogen (secondary N) is 1. The van der Waals surface area contributed by atoms with Crippen molar-refractivity contribution in [3.05, 3.63) is 30.1 Å². The lowest BCUT2D eigenvalue weighted by Crippen LogP contribution is -2.54. The van der Waals surface area contributed by atoms with Gasteiger partial charge < -0.3 is 10.2 Å². The highest BCUT2D eigenvalue weighted by Gasteiger charge is 2.24. The van der Waals surface area contributed by atoms with Gasteiger partial charge in [-0.25, -0.2) is 0 Å². The third kappa shape index (κ3) is 3.49. The molecule has 0 spiro atoms. The minimum atomic E-state index is 0.604. The molecule has 0 aromatic carbocycles. The molecule has 2 heterocycles. The lowest BCUT2D eigenvalue weighted by Gasteiger charge is -2.40. The second-order valence-electron chi connectivity index (χ2n) is 4.80.